The molecule has 0 amide bonds. The third-order valence-corrected chi connectivity index (χ3v) is 4.20. The molecule has 0 aliphatic carbocycles. The van der Waals surface area contributed by atoms with Crippen molar-refractivity contribution in [2.75, 3.05) is 14.2 Å². The minimum atomic E-state index is -0.421. The van der Waals surface area contributed by atoms with Crippen molar-refractivity contribution in [2.45, 2.75) is 0 Å². The minimum absolute atomic E-state index is 0.191. The molecule has 146 valence electrons. The Morgan fingerprint density at radius 1 is 0.793 bits per heavy atom. The van der Waals surface area contributed by atoms with E-state index in [0.717, 1.165) is 5.56 Å². The van der Waals surface area contributed by atoms with Gasteiger partial charge in [0.1, 0.15) is 17.2 Å². The smallest absolute Gasteiger partial charge is 0.343 e. The zero-order valence-electron chi connectivity index (χ0n) is 16.1. The summed E-state index contributed by atoms with van der Waals surface area (Å²) in [6, 6.07) is 20.7. The molecule has 3 aromatic rings. The molecule has 0 N–H and O–H groups in total. The fourth-order valence-corrected chi connectivity index (χ4v) is 2.65. The van der Waals surface area contributed by atoms with Gasteiger partial charge in [0.2, 0.25) is 0 Å². The van der Waals surface area contributed by atoms with Crippen LogP contribution < -0.4 is 14.2 Å². The first-order valence-corrected chi connectivity index (χ1v) is 8.92. The van der Waals surface area contributed by atoms with E-state index in [1.165, 1.54) is 13.2 Å². The molecule has 5 nitrogen and oxygen atoms in total. The molecule has 0 aromatic heterocycles. The van der Waals surface area contributed by atoms with Crippen molar-refractivity contribution in [3.05, 3.63) is 95.6 Å². The van der Waals surface area contributed by atoms with E-state index >= 15 is 0 Å². The molecule has 3 aromatic carbocycles. The average Bonchev–Trinajstić information content (AvgIpc) is 2.78. The molecule has 0 fully saturated rings. The number of hydrogen-bond donors (Lipinski definition) is 0. The van der Waals surface area contributed by atoms with Gasteiger partial charge in [-0.25, -0.2) is 4.79 Å². The number of rotatable bonds is 7. The number of esters is 1. The molecule has 5 heteroatoms. The van der Waals surface area contributed by atoms with Gasteiger partial charge in [0, 0.05) is 6.07 Å². The molecule has 0 unspecified atom stereocenters. The largest absolute Gasteiger partial charge is 0.497 e. The van der Waals surface area contributed by atoms with Gasteiger partial charge in [-0.15, -0.1) is 0 Å². The first-order valence-electron chi connectivity index (χ1n) is 8.92. The number of hydrogen-bond acceptors (Lipinski definition) is 5. The number of carbonyl (C=O) groups excluding carboxylic acids is 2. The van der Waals surface area contributed by atoms with Crippen LogP contribution in [0, 0.1) is 0 Å². The van der Waals surface area contributed by atoms with Crippen molar-refractivity contribution >= 4 is 17.8 Å². The van der Waals surface area contributed by atoms with Crippen LogP contribution in [0.1, 0.15) is 26.3 Å². The summed E-state index contributed by atoms with van der Waals surface area (Å²) in [4.78, 5) is 24.6. The summed E-state index contributed by atoms with van der Waals surface area (Å²) in [5, 5.41) is 0. The van der Waals surface area contributed by atoms with Crippen molar-refractivity contribution in [3.63, 3.8) is 0 Å². The lowest BCUT2D eigenvalue weighted by molar-refractivity contribution is 0.0734. The molecule has 0 bridgehead atoms. The molecule has 0 aliphatic rings. The highest BCUT2D eigenvalue weighted by atomic mass is 16.5. The molecular weight excluding hydrogens is 368 g/mol. The lowest BCUT2D eigenvalue weighted by Gasteiger charge is -2.08. The van der Waals surface area contributed by atoms with E-state index in [1.54, 1.807) is 79.9 Å². The van der Waals surface area contributed by atoms with E-state index in [-0.39, 0.29) is 5.78 Å². The van der Waals surface area contributed by atoms with Gasteiger partial charge in [-0.3, -0.25) is 4.79 Å². The maximum absolute atomic E-state index is 12.5. The van der Waals surface area contributed by atoms with Crippen LogP contribution in [0.3, 0.4) is 0 Å². The summed E-state index contributed by atoms with van der Waals surface area (Å²) in [5.41, 5.74) is 1.72. The standard InChI is InChI=1S/C24H20O5/c1-27-20-13-14-21(23(16-20)28-2)22(25)15-10-17-8-11-19(12-9-17)29-24(26)18-6-4-3-5-7-18/h3-16H,1-2H3/b15-10+. The molecule has 0 aliphatic heterocycles. The Balaban J connectivity index is 1.67. The van der Waals surface area contributed by atoms with E-state index < -0.39 is 5.97 Å². The van der Waals surface area contributed by atoms with Crippen molar-refractivity contribution in [2.24, 2.45) is 0 Å². The second-order valence-electron chi connectivity index (χ2n) is 6.09. The van der Waals surface area contributed by atoms with Crippen LogP contribution >= 0.6 is 0 Å². The Kier molecular flexibility index (Phi) is 6.43. The zero-order valence-corrected chi connectivity index (χ0v) is 16.1. The number of allylic oxidation sites excluding steroid dienone is 1. The van der Waals surface area contributed by atoms with Gasteiger partial charge in [-0.05, 0) is 48.0 Å². The third kappa shape index (κ3) is 5.11. The Hall–Kier alpha value is -3.86. The Labute approximate surface area is 169 Å². The number of ketones is 1. The van der Waals surface area contributed by atoms with Gasteiger partial charge in [-0.1, -0.05) is 36.4 Å². The summed E-state index contributed by atoms with van der Waals surface area (Å²) < 4.78 is 15.8. The van der Waals surface area contributed by atoms with Gasteiger partial charge >= 0.3 is 5.97 Å². The highest BCUT2D eigenvalue weighted by Gasteiger charge is 2.11. The van der Waals surface area contributed by atoms with E-state index in [2.05, 4.69) is 0 Å². The predicted molar refractivity (Wildman–Crippen MR) is 111 cm³/mol. The number of methoxy groups -OCH3 is 2. The molecule has 29 heavy (non-hydrogen) atoms. The minimum Gasteiger partial charge on any atom is -0.497 e. The molecule has 3 rings (SSSR count). The second-order valence-corrected chi connectivity index (χ2v) is 6.09. The summed E-state index contributed by atoms with van der Waals surface area (Å²) in [6.45, 7) is 0. The fourth-order valence-electron chi connectivity index (χ4n) is 2.65. The van der Waals surface area contributed by atoms with Crippen LogP contribution in [0.5, 0.6) is 17.2 Å². The maximum atomic E-state index is 12.5. The van der Waals surface area contributed by atoms with Crippen LogP contribution in [0.2, 0.25) is 0 Å². The summed E-state index contributed by atoms with van der Waals surface area (Å²) in [7, 11) is 3.06. The topological polar surface area (TPSA) is 61.8 Å². The van der Waals surface area contributed by atoms with Gasteiger partial charge in [-0.2, -0.15) is 0 Å². The third-order valence-electron chi connectivity index (χ3n) is 4.20. The molecule has 0 spiro atoms. The highest BCUT2D eigenvalue weighted by Crippen LogP contribution is 2.25. The second kappa shape index (κ2) is 9.37. The Morgan fingerprint density at radius 2 is 1.48 bits per heavy atom. The van der Waals surface area contributed by atoms with Crippen LogP contribution in [-0.4, -0.2) is 26.0 Å². The Morgan fingerprint density at radius 3 is 2.14 bits per heavy atom. The first kappa shape index (κ1) is 19.9. The van der Waals surface area contributed by atoms with E-state index in [0.29, 0.717) is 28.4 Å². The molecule has 0 saturated carbocycles. The van der Waals surface area contributed by atoms with Gasteiger partial charge in [0.05, 0.1) is 25.3 Å². The predicted octanol–water partition coefficient (Wildman–Crippen LogP) is 4.82. The quantitative estimate of drug-likeness (QED) is 0.251. The van der Waals surface area contributed by atoms with Crippen molar-refractivity contribution in [3.8, 4) is 17.2 Å². The van der Waals surface area contributed by atoms with Crippen LogP contribution in [0.25, 0.3) is 6.08 Å². The molecule has 0 radical (unpaired) electrons. The summed E-state index contributed by atoms with van der Waals surface area (Å²) in [5.74, 6) is 0.879. The van der Waals surface area contributed by atoms with E-state index in [9.17, 15) is 9.59 Å². The van der Waals surface area contributed by atoms with Crippen LogP contribution in [0.4, 0.5) is 0 Å². The average molecular weight is 388 g/mol. The first-order chi connectivity index (χ1) is 14.1. The fraction of sp³-hybridized carbons (Fsp3) is 0.0833. The number of ether oxygens (including phenoxy) is 3. The monoisotopic (exact) mass is 388 g/mol. The SMILES string of the molecule is COc1ccc(C(=O)/C=C/c2ccc(OC(=O)c3ccccc3)cc2)c(OC)c1. The molecule has 0 heterocycles. The molecule has 0 saturated heterocycles. The summed E-state index contributed by atoms with van der Waals surface area (Å²) in [6.07, 6.45) is 3.16. The van der Waals surface area contributed by atoms with Gasteiger partial charge < -0.3 is 14.2 Å². The molecular formula is C24H20O5. The van der Waals surface area contributed by atoms with Crippen LogP contribution in [-0.2, 0) is 0 Å². The number of benzene rings is 3. The Bertz CT molecular complexity index is 1020. The zero-order chi connectivity index (χ0) is 20.6. The van der Waals surface area contributed by atoms with E-state index in [1.807, 2.05) is 6.07 Å². The lowest BCUT2D eigenvalue weighted by atomic mass is 10.1. The van der Waals surface area contributed by atoms with Crippen molar-refractivity contribution in [1.29, 1.82) is 0 Å². The van der Waals surface area contributed by atoms with Gasteiger partial charge in [0.15, 0.2) is 5.78 Å². The van der Waals surface area contributed by atoms with E-state index in [4.69, 9.17) is 14.2 Å². The number of carbonyl (C=O) groups is 2. The highest BCUT2D eigenvalue weighted by molar-refractivity contribution is 6.08. The maximum Gasteiger partial charge on any atom is 0.343 e. The van der Waals surface area contributed by atoms with Crippen molar-refractivity contribution in [1.82, 2.24) is 0 Å². The molecule has 0 atom stereocenters. The summed E-state index contributed by atoms with van der Waals surface area (Å²) >= 11 is 0. The normalized spacial score (nSPS) is 10.6. The van der Waals surface area contributed by atoms with Gasteiger partial charge in [0.25, 0.3) is 0 Å². The van der Waals surface area contributed by atoms with Crippen LogP contribution in [0.15, 0.2) is 78.9 Å². The van der Waals surface area contributed by atoms with Crippen molar-refractivity contribution < 1.29 is 23.8 Å². The lowest BCUT2D eigenvalue weighted by Crippen LogP contribution is -2.07.